The third-order valence-electron chi connectivity index (χ3n) is 4.68. The molecule has 6 nitrogen and oxygen atoms in total. The van der Waals surface area contributed by atoms with E-state index in [4.69, 9.17) is 23.2 Å². The fraction of sp³-hybridized carbons (Fsp3) is 0.421. The number of rotatable bonds is 4. The zero-order valence-corrected chi connectivity index (χ0v) is 19.8. The van der Waals surface area contributed by atoms with Crippen molar-refractivity contribution in [1.29, 1.82) is 0 Å². The van der Waals surface area contributed by atoms with Crippen molar-refractivity contribution in [3.63, 3.8) is 0 Å². The number of halogens is 3. The van der Waals surface area contributed by atoms with Crippen LogP contribution in [0.1, 0.15) is 18.4 Å². The van der Waals surface area contributed by atoms with E-state index in [2.05, 4.69) is 37.0 Å². The first-order chi connectivity index (χ1) is 13.1. The number of aromatic nitrogens is 2. The van der Waals surface area contributed by atoms with Gasteiger partial charge in [-0.3, -0.25) is 4.99 Å². The Hall–Kier alpha value is -1.32. The summed E-state index contributed by atoms with van der Waals surface area (Å²) in [5, 5.41) is 4.85. The Labute approximate surface area is 193 Å². The van der Waals surface area contributed by atoms with E-state index in [1.165, 1.54) is 0 Å². The smallest absolute Gasteiger partial charge is 0.225 e. The number of piperazine rings is 1. The van der Waals surface area contributed by atoms with Crippen LogP contribution in [0.5, 0.6) is 0 Å². The Morgan fingerprint density at radius 2 is 1.71 bits per heavy atom. The minimum Gasteiger partial charge on any atom is -0.356 e. The Morgan fingerprint density at radius 1 is 1.11 bits per heavy atom. The van der Waals surface area contributed by atoms with Crippen molar-refractivity contribution < 1.29 is 0 Å². The fourth-order valence-corrected chi connectivity index (χ4v) is 4.00. The molecule has 1 N–H and O–H groups in total. The van der Waals surface area contributed by atoms with E-state index in [-0.39, 0.29) is 29.9 Å². The molecule has 0 saturated carbocycles. The van der Waals surface area contributed by atoms with Crippen LogP contribution in [-0.4, -0.2) is 60.6 Å². The van der Waals surface area contributed by atoms with Crippen LogP contribution in [0.15, 0.2) is 41.7 Å². The van der Waals surface area contributed by atoms with Gasteiger partial charge >= 0.3 is 0 Å². The van der Waals surface area contributed by atoms with Gasteiger partial charge in [-0.2, -0.15) is 0 Å². The molecule has 3 rings (SSSR count). The monoisotopic (exact) mass is 534 g/mol. The van der Waals surface area contributed by atoms with E-state index in [1.54, 1.807) is 12.4 Å². The summed E-state index contributed by atoms with van der Waals surface area (Å²) >= 11 is 12.7. The van der Waals surface area contributed by atoms with E-state index < -0.39 is 0 Å². The zero-order chi connectivity index (χ0) is 19.2. The zero-order valence-electron chi connectivity index (χ0n) is 16.0. The van der Waals surface area contributed by atoms with Gasteiger partial charge in [0.1, 0.15) is 0 Å². The predicted molar refractivity (Wildman–Crippen MR) is 127 cm³/mol. The summed E-state index contributed by atoms with van der Waals surface area (Å²) in [5.41, 5.74) is 0.967. The third kappa shape index (κ3) is 5.61. The van der Waals surface area contributed by atoms with Crippen molar-refractivity contribution >= 4 is 59.1 Å². The molecule has 0 radical (unpaired) electrons. The van der Waals surface area contributed by atoms with Crippen LogP contribution in [0, 0.1) is 0 Å². The number of benzene rings is 1. The lowest BCUT2D eigenvalue weighted by atomic mass is 10.0. The molecule has 1 unspecified atom stereocenters. The first-order valence-corrected chi connectivity index (χ1v) is 9.77. The number of guanidine groups is 1. The molecule has 9 heteroatoms. The topological polar surface area (TPSA) is 56.7 Å². The number of hydrogen-bond acceptors (Lipinski definition) is 4. The summed E-state index contributed by atoms with van der Waals surface area (Å²) in [5.74, 6) is 1.84. The molecular formula is C19H25Cl2IN6. The lowest BCUT2D eigenvalue weighted by molar-refractivity contribution is 0.369. The first kappa shape index (κ1) is 23.0. The van der Waals surface area contributed by atoms with E-state index in [9.17, 15) is 0 Å². The van der Waals surface area contributed by atoms with Gasteiger partial charge in [0.15, 0.2) is 5.96 Å². The number of nitrogens with one attached hydrogen (secondary N) is 1. The molecule has 1 aliphatic heterocycles. The first-order valence-electron chi connectivity index (χ1n) is 9.01. The maximum Gasteiger partial charge on any atom is 0.225 e. The second-order valence-corrected chi connectivity index (χ2v) is 7.30. The third-order valence-corrected chi connectivity index (χ3v) is 5.34. The van der Waals surface area contributed by atoms with Crippen LogP contribution in [0.4, 0.5) is 5.95 Å². The van der Waals surface area contributed by atoms with Crippen molar-refractivity contribution in [2.75, 3.05) is 44.7 Å². The van der Waals surface area contributed by atoms with E-state index in [1.807, 2.05) is 31.3 Å². The van der Waals surface area contributed by atoms with Gasteiger partial charge < -0.3 is 15.1 Å². The minimum atomic E-state index is 0. The molecule has 0 aliphatic carbocycles. The lowest BCUT2D eigenvalue weighted by Gasteiger charge is -2.36. The summed E-state index contributed by atoms with van der Waals surface area (Å²) in [6.07, 6.45) is 3.55. The molecule has 1 fully saturated rings. The summed E-state index contributed by atoms with van der Waals surface area (Å²) < 4.78 is 0. The number of aliphatic imine (C=N–C) groups is 1. The molecule has 0 bridgehead atoms. The van der Waals surface area contributed by atoms with Crippen LogP contribution >= 0.6 is 47.2 Å². The number of anilines is 1. The SMILES string of the molecule is CN=C(NCC(C)c1c(Cl)cccc1Cl)N1CCN(c2ncccn2)CC1.I. The summed E-state index contributed by atoms with van der Waals surface area (Å²) in [6, 6.07) is 7.44. The Balaban J connectivity index is 0.00000280. The number of hydrogen-bond donors (Lipinski definition) is 1. The van der Waals surface area contributed by atoms with Gasteiger partial charge in [-0.25, -0.2) is 9.97 Å². The average Bonchev–Trinajstić information content (AvgIpc) is 2.69. The molecule has 1 saturated heterocycles. The van der Waals surface area contributed by atoms with Crippen LogP contribution in [0.25, 0.3) is 0 Å². The van der Waals surface area contributed by atoms with Gasteiger partial charge in [0.05, 0.1) is 0 Å². The number of nitrogens with zero attached hydrogens (tertiary/aromatic N) is 5. The molecule has 1 aromatic heterocycles. The van der Waals surface area contributed by atoms with Gasteiger partial charge in [-0.15, -0.1) is 24.0 Å². The largest absolute Gasteiger partial charge is 0.356 e. The highest BCUT2D eigenvalue weighted by Gasteiger charge is 2.22. The van der Waals surface area contributed by atoms with Gasteiger partial charge in [0, 0.05) is 68.1 Å². The van der Waals surface area contributed by atoms with E-state index >= 15 is 0 Å². The van der Waals surface area contributed by atoms with Crippen molar-refractivity contribution in [3.05, 3.63) is 52.3 Å². The molecule has 28 heavy (non-hydrogen) atoms. The maximum absolute atomic E-state index is 6.33. The van der Waals surface area contributed by atoms with Crippen LogP contribution in [0.2, 0.25) is 10.0 Å². The summed E-state index contributed by atoms with van der Waals surface area (Å²) in [4.78, 5) is 17.5. The molecule has 1 aromatic carbocycles. The van der Waals surface area contributed by atoms with E-state index in [0.29, 0.717) is 16.6 Å². The summed E-state index contributed by atoms with van der Waals surface area (Å²) in [7, 11) is 1.81. The molecule has 2 heterocycles. The van der Waals surface area contributed by atoms with Crippen LogP contribution < -0.4 is 10.2 Å². The minimum absolute atomic E-state index is 0. The molecule has 0 amide bonds. The van der Waals surface area contributed by atoms with E-state index in [0.717, 1.165) is 43.7 Å². The summed E-state index contributed by atoms with van der Waals surface area (Å²) in [6.45, 7) is 6.25. The Bertz CT molecular complexity index is 761. The van der Waals surface area contributed by atoms with Gasteiger partial charge in [0.25, 0.3) is 0 Å². The van der Waals surface area contributed by atoms with Gasteiger partial charge in [-0.1, -0.05) is 36.2 Å². The van der Waals surface area contributed by atoms with Crippen LogP contribution in [-0.2, 0) is 0 Å². The highest BCUT2D eigenvalue weighted by molar-refractivity contribution is 14.0. The maximum atomic E-state index is 6.33. The molecule has 1 atom stereocenters. The normalized spacial score (nSPS) is 15.8. The molecule has 152 valence electrons. The molecule has 0 spiro atoms. The lowest BCUT2D eigenvalue weighted by Crippen LogP contribution is -2.53. The van der Waals surface area contributed by atoms with Crippen LogP contribution in [0.3, 0.4) is 0 Å². The van der Waals surface area contributed by atoms with Crippen molar-refractivity contribution in [1.82, 2.24) is 20.2 Å². The molecule has 1 aliphatic rings. The fourth-order valence-electron chi connectivity index (χ4n) is 3.23. The van der Waals surface area contributed by atoms with Crippen molar-refractivity contribution in [3.8, 4) is 0 Å². The standard InChI is InChI=1S/C19H24Cl2N6.HI/c1-14(17-15(20)5-3-6-16(17)21)13-25-18(22-2)26-9-11-27(12-10-26)19-23-7-4-8-24-19;/h3-8,14H,9-13H2,1-2H3,(H,22,25);1H. The molecular weight excluding hydrogens is 510 g/mol. The van der Waals surface area contributed by atoms with Gasteiger partial charge in [-0.05, 0) is 23.8 Å². The quantitative estimate of drug-likeness (QED) is 0.366. The predicted octanol–water partition coefficient (Wildman–Crippen LogP) is 3.90. The highest BCUT2D eigenvalue weighted by atomic mass is 127. The average molecular weight is 535 g/mol. The molecule has 2 aromatic rings. The second-order valence-electron chi connectivity index (χ2n) is 6.49. The van der Waals surface area contributed by atoms with Gasteiger partial charge in [0.2, 0.25) is 5.95 Å². The highest BCUT2D eigenvalue weighted by Crippen LogP contribution is 2.30. The van der Waals surface area contributed by atoms with Crippen molar-refractivity contribution in [2.45, 2.75) is 12.8 Å². The Morgan fingerprint density at radius 3 is 2.29 bits per heavy atom. The Kier molecular flexibility index (Phi) is 9.04. The second kappa shape index (κ2) is 11.0. The van der Waals surface area contributed by atoms with Crippen molar-refractivity contribution in [2.24, 2.45) is 4.99 Å².